The first kappa shape index (κ1) is 14.3. The molecule has 1 aliphatic carbocycles. The summed E-state index contributed by atoms with van der Waals surface area (Å²) in [6.45, 7) is 1.06. The van der Waals surface area contributed by atoms with Crippen LogP contribution in [0.4, 0.5) is 10.5 Å². The van der Waals surface area contributed by atoms with Crippen molar-refractivity contribution in [1.29, 1.82) is 0 Å². The highest BCUT2D eigenvalue weighted by Crippen LogP contribution is 2.27. The number of aromatic carboxylic acids is 1. The zero-order valence-electron chi connectivity index (χ0n) is 11.3. The summed E-state index contributed by atoms with van der Waals surface area (Å²) in [4.78, 5) is 24.7. The molecule has 0 bridgehead atoms. The van der Waals surface area contributed by atoms with Gasteiger partial charge in [0, 0.05) is 25.4 Å². The van der Waals surface area contributed by atoms with E-state index < -0.39 is 5.97 Å². The van der Waals surface area contributed by atoms with Crippen LogP contribution >= 0.6 is 0 Å². The van der Waals surface area contributed by atoms with E-state index in [4.69, 9.17) is 9.84 Å². The highest BCUT2D eigenvalue weighted by molar-refractivity contribution is 5.91. The molecule has 0 radical (unpaired) electrons. The lowest BCUT2D eigenvalue weighted by Gasteiger charge is -2.22. The summed E-state index contributed by atoms with van der Waals surface area (Å²) in [6, 6.07) is 6.23. The summed E-state index contributed by atoms with van der Waals surface area (Å²) in [7, 11) is 1.60. The van der Waals surface area contributed by atoms with E-state index in [1.54, 1.807) is 24.1 Å². The Balaban J connectivity index is 1.96. The van der Waals surface area contributed by atoms with Crippen molar-refractivity contribution in [2.24, 2.45) is 0 Å². The quantitative estimate of drug-likeness (QED) is 0.834. The van der Waals surface area contributed by atoms with Crippen LogP contribution in [0.3, 0.4) is 0 Å². The Morgan fingerprint density at radius 3 is 2.50 bits per heavy atom. The number of carboxylic acids is 1. The van der Waals surface area contributed by atoms with E-state index in [0.717, 1.165) is 12.8 Å². The Labute approximate surface area is 117 Å². The normalized spacial score (nSPS) is 13.8. The maximum absolute atomic E-state index is 12.2. The van der Waals surface area contributed by atoms with Gasteiger partial charge >= 0.3 is 12.0 Å². The molecular weight excluding hydrogens is 260 g/mol. The second-order valence-corrected chi connectivity index (χ2v) is 4.73. The largest absolute Gasteiger partial charge is 0.478 e. The number of amides is 2. The van der Waals surface area contributed by atoms with Crippen molar-refractivity contribution in [1.82, 2.24) is 4.90 Å². The number of hydrogen-bond acceptors (Lipinski definition) is 3. The number of ether oxygens (including phenoxy) is 1. The van der Waals surface area contributed by atoms with Gasteiger partial charge in [0.15, 0.2) is 0 Å². The minimum Gasteiger partial charge on any atom is -0.478 e. The molecular formula is C14H18N2O4. The molecule has 2 amide bonds. The third-order valence-electron chi connectivity index (χ3n) is 3.17. The summed E-state index contributed by atoms with van der Waals surface area (Å²) in [5, 5.41) is 11.6. The van der Waals surface area contributed by atoms with Gasteiger partial charge in [-0.05, 0) is 37.1 Å². The van der Waals surface area contributed by atoms with Gasteiger partial charge in [-0.3, -0.25) is 0 Å². The molecule has 1 aromatic rings. The number of carboxylic acid groups (broad SMARTS) is 1. The summed E-state index contributed by atoms with van der Waals surface area (Å²) < 4.78 is 5.01. The third kappa shape index (κ3) is 3.71. The lowest BCUT2D eigenvalue weighted by molar-refractivity contribution is 0.0697. The Morgan fingerprint density at radius 1 is 1.35 bits per heavy atom. The molecule has 1 saturated carbocycles. The average molecular weight is 278 g/mol. The summed E-state index contributed by atoms with van der Waals surface area (Å²) >= 11 is 0. The highest BCUT2D eigenvalue weighted by atomic mass is 16.5. The number of rotatable bonds is 6. The molecule has 0 unspecified atom stereocenters. The summed E-state index contributed by atoms with van der Waals surface area (Å²) in [5.41, 5.74) is 0.782. The van der Waals surface area contributed by atoms with Crippen molar-refractivity contribution in [3.63, 3.8) is 0 Å². The van der Waals surface area contributed by atoms with Crippen molar-refractivity contribution in [3.05, 3.63) is 29.8 Å². The molecule has 1 aromatic carbocycles. The lowest BCUT2D eigenvalue weighted by Crippen LogP contribution is -2.39. The second kappa shape index (κ2) is 6.38. The number of anilines is 1. The number of carbonyl (C=O) groups is 2. The van der Waals surface area contributed by atoms with Crippen molar-refractivity contribution in [3.8, 4) is 0 Å². The lowest BCUT2D eigenvalue weighted by atomic mass is 10.2. The van der Waals surface area contributed by atoms with Crippen LogP contribution < -0.4 is 5.32 Å². The van der Waals surface area contributed by atoms with Gasteiger partial charge in [0.1, 0.15) is 0 Å². The van der Waals surface area contributed by atoms with Crippen molar-refractivity contribution >= 4 is 17.7 Å². The Kier molecular flexibility index (Phi) is 4.57. The Bertz CT molecular complexity index is 482. The fourth-order valence-corrected chi connectivity index (χ4v) is 1.92. The maximum Gasteiger partial charge on any atom is 0.335 e. The Hall–Kier alpha value is -2.08. The molecule has 0 aliphatic heterocycles. The van der Waals surface area contributed by atoms with Crippen molar-refractivity contribution in [2.75, 3.05) is 25.6 Å². The van der Waals surface area contributed by atoms with Gasteiger partial charge in [-0.25, -0.2) is 9.59 Å². The van der Waals surface area contributed by atoms with E-state index in [1.165, 1.54) is 12.1 Å². The number of urea groups is 1. The van der Waals surface area contributed by atoms with E-state index in [1.807, 2.05) is 0 Å². The van der Waals surface area contributed by atoms with Crippen LogP contribution in [0.1, 0.15) is 23.2 Å². The van der Waals surface area contributed by atoms with E-state index in [0.29, 0.717) is 24.9 Å². The molecule has 2 N–H and O–H groups in total. The molecule has 2 rings (SSSR count). The summed E-state index contributed by atoms with van der Waals surface area (Å²) in [5.74, 6) is -0.984. The molecule has 108 valence electrons. The average Bonchev–Trinajstić information content (AvgIpc) is 3.24. The van der Waals surface area contributed by atoms with Crippen LogP contribution in [0.2, 0.25) is 0 Å². The fourth-order valence-electron chi connectivity index (χ4n) is 1.92. The molecule has 0 aromatic heterocycles. The number of nitrogens with zero attached hydrogens (tertiary/aromatic N) is 1. The maximum atomic E-state index is 12.2. The smallest absolute Gasteiger partial charge is 0.335 e. The van der Waals surface area contributed by atoms with Gasteiger partial charge in [-0.1, -0.05) is 0 Å². The van der Waals surface area contributed by atoms with Crippen LogP contribution in [-0.2, 0) is 4.74 Å². The molecule has 0 heterocycles. The van der Waals surface area contributed by atoms with Gasteiger partial charge in [0.2, 0.25) is 0 Å². The number of nitrogens with one attached hydrogen (secondary N) is 1. The minimum atomic E-state index is -0.984. The van der Waals surface area contributed by atoms with Crippen LogP contribution in [0.5, 0.6) is 0 Å². The number of benzene rings is 1. The van der Waals surface area contributed by atoms with E-state index in [-0.39, 0.29) is 11.6 Å². The van der Waals surface area contributed by atoms with Crippen LogP contribution in [0.25, 0.3) is 0 Å². The zero-order valence-corrected chi connectivity index (χ0v) is 11.3. The van der Waals surface area contributed by atoms with Crippen LogP contribution in [0.15, 0.2) is 24.3 Å². The predicted octanol–water partition coefficient (Wildman–Crippen LogP) is 2.03. The monoisotopic (exact) mass is 278 g/mol. The number of hydrogen-bond donors (Lipinski definition) is 2. The second-order valence-electron chi connectivity index (χ2n) is 4.73. The Morgan fingerprint density at radius 2 is 2.00 bits per heavy atom. The van der Waals surface area contributed by atoms with E-state index in [9.17, 15) is 9.59 Å². The predicted molar refractivity (Wildman–Crippen MR) is 74.0 cm³/mol. The van der Waals surface area contributed by atoms with Gasteiger partial charge in [0.25, 0.3) is 0 Å². The minimum absolute atomic E-state index is 0.173. The number of carbonyl (C=O) groups excluding carboxylic acids is 1. The third-order valence-corrected chi connectivity index (χ3v) is 3.17. The van der Waals surface area contributed by atoms with Crippen molar-refractivity contribution in [2.45, 2.75) is 18.9 Å². The topological polar surface area (TPSA) is 78.9 Å². The van der Waals surface area contributed by atoms with Crippen molar-refractivity contribution < 1.29 is 19.4 Å². The van der Waals surface area contributed by atoms with Gasteiger partial charge < -0.3 is 20.1 Å². The number of methoxy groups -OCH3 is 1. The molecule has 0 spiro atoms. The molecule has 1 aliphatic rings. The molecule has 1 fully saturated rings. The van der Waals surface area contributed by atoms with Crippen LogP contribution in [-0.4, -0.2) is 48.3 Å². The van der Waals surface area contributed by atoms with E-state index >= 15 is 0 Å². The fraction of sp³-hybridized carbons (Fsp3) is 0.429. The van der Waals surface area contributed by atoms with Gasteiger partial charge in [0.05, 0.1) is 12.2 Å². The standard InChI is InChI=1S/C14H18N2O4/c1-20-9-8-16(12-6-7-12)14(19)15-11-4-2-10(3-5-11)13(17)18/h2-5,12H,6-9H2,1H3,(H,15,19)(H,17,18). The molecule has 20 heavy (non-hydrogen) atoms. The van der Waals surface area contributed by atoms with Gasteiger partial charge in [-0.2, -0.15) is 0 Å². The van der Waals surface area contributed by atoms with Crippen LogP contribution in [0, 0.1) is 0 Å². The molecule has 6 nitrogen and oxygen atoms in total. The SMILES string of the molecule is COCCN(C(=O)Nc1ccc(C(=O)O)cc1)C1CC1. The molecule has 0 saturated heterocycles. The first-order valence-corrected chi connectivity index (χ1v) is 6.51. The highest BCUT2D eigenvalue weighted by Gasteiger charge is 2.32. The van der Waals surface area contributed by atoms with Gasteiger partial charge in [-0.15, -0.1) is 0 Å². The first-order valence-electron chi connectivity index (χ1n) is 6.51. The summed E-state index contributed by atoms with van der Waals surface area (Å²) in [6.07, 6.45) is 2.05. The van der Waals surface area contributed by atoms with E-state index in [2.05, 4.69) is 5.32 Å². The first-order chi connectivity index (χ1) is 9.61. The zero-order chi connectivity index (χ0) is 14.5. The molecule has 6 heteroatoms. The molecule has 0 atom stereocenters.